The summed E-state index contributed by atoms with van der Waals surface area (Å²) < 4.78 is 17.6. The number of aromatic amines is 1. The van der Waals surface area contributed by atoms with Crippen LogP contribution in [0.4, 0.5) is 4.39 Å². The third kappa shape index (κ3) is 4.20. The summed E-state index contributed by atoms with van der Waals surface area (Å²) in [6.45, 7) is 1.86. The molecule has 3 aromatic rings. The standard InChI is InChI=1S/C18H16FN3O3/c1-11(20-16(23)10-12-3-2-4-15(19)9-12)13-5-7-14(8-6-13)17-21-18(24)25-22-17/h2-9,11H,10H2,1H3,(H,20,23)(H,21,22,24). The van der Waals surface area contributed by atoms with Gasteiger partial charge in [0.05, 0.1) is 12.5 Å². The van der Waals surface area contributed by atoms with Crippen molar-refractivity contribution in [1.82, 2.24) is 15.5 Å². The van der Waals surface area contributed by atoms with Crippen molar-refractivity contribution < 1.29 is 13.7 Å². The largest absolute Gasteiger partial charge is 0.439 e. The molecule has 1 atom stereocenters. The van der Waals surface area contributed by atoms with Crippen LogP contribution < -0.4 is 11.1 Å². The quantitative estimate of drug-likeness (QED) is 0.747. The highest BCUT2D eigenvalue weighted by atomic mass is 19.1. The first-order valence-electron chi connectivity index (χ1n) is 7.71. The van der Waals surface area contributed by atoms with Gasteiger partial charge in [0.25, 0.3) is 0 Å². The first-order chi connectivity index (χ1) is 12.0. The molecule has 0 saturated carbocycles. The van der Waals surface area contributed by atoms with Crippen molar-refractivity contribution >= 4 is 5.91 Å². The van der Waals surface area contributed by atoms with Gasteiger partial charge in [0.2, 0.25) is 5.91 Å². The van der Waals surface area contributed by atoms with Crippen molar-refractivity contribution in [2.24, 2.45) is 0 Å². The Morgan fingerprint density at radius 3 is 2.68 bits per heavy atom. The summed E-state index contributed by atoms with van der Waals surface area (Å²) in [5.41, 5.74) is 2.21. The Morgan fingerprint density at radius 2 is 2.04 bits per heavy atom. The smallest absolute Gasteiger partial charge is 0.349 e. The van der Waals surface area contributed by atoms with Crippen molar-refractivity contribution in [2.75, 3.05) is 0 Å². The number of carbonyl (C=O) groups excluding carboxylic acids is 1. The van der Waals surface area contributed by atoms with Crippen LogP contribution in [0.25, 0.3) is 11.4 Å². The lowest BCUT2D eigenvalue weighted by Crippen LogP contribution is -2.28. The normalized spacial score (nSPS) is 11.9. The summed E-state index contributed by atoms with van der Waals surface area (Å²) in [7, 11) is 0. The number of carbonyl (C=O) groups is 1. The molecular weight excluding hydrogens is 325 g/mol. The van der Waals surface area contributed by atoms with E-state index in [-0.39, 0.29) is 24.2 Å². The highest BCUT2D eigenvalue weighted by Crippen LogP contribution is 2.18. The molecule has 0 fully saturated rings. The number of rotatable bonds is 5. The second-order valence-electron chi connectivity index (χ2n) is 5.66. The van der Waals surface area contributed by atoms with Gasteiger partial charge in [0.15, 0.2) is 5.82 Å². The molecule has 2 N–H and O–H groups in total. The number of nitrogens with one attached hydrogen (secondary N) is 2. The highest BCUT2D eigenvalue weighted by molar-refractivity contribution is 5.79. The SMILES string of the molecule is CC(NC(=O)Cc1cccc(F)c1)c1ccc(-c2noc(=O)[nH]2)cc1. The van der Waals surface area contributed by atoms with Gasteiger partial charge in [-0.25, -0.2) is 9.18 Å². The van der Waals surface area contributed by atoms with E-state index in [1.807, 2.05) is 19.1 Å². The zero-order valence-electron chi connectivity index (χ0n) is 13.5. The predicted molar refractivity (Wildman–Crippen MR) is 89.2 cm³/mol. The van der Waals surface area contributed by atoms with E-state index in [2.05, 4.69) is 20.0 Å². The van der Waals surface area contributed by atoms with E-state index in [9.17, 15) is 14.0 Å². The molecule has 6 nitrogen and oxygen atoms in total. The lowest BCUT2D eigenvalue weighted by atomic mass is 10.1. The molecule has 0 radical (unpaired) electrons. The van der Waals surface area contributed by atoms with Crippen molar-refractivity contribution in [1.29, 1.82) is 0 Å². The number of amides is 1. The number of benzene rings is 2. The fraction of sp³-hybridized carbons (Fsp3) is 0.167. The summed E-state index contributed by atoms with van der Waals surface area (Å²) in [5.74, 6) is -0.820. The fourth-order valence-corrected chi connectivity index (χ4v) is 2.49. The Morgan fingerprint density at radius 1 is 1.28 bits per heavy atom. The number of nitrogens with zero attached hydrogens (tertiary/aromatic N) is 1. The van der Waals surface area contributed by atoms with Crippen LogP contribution in [0.3, 0.4) is 0 Å². The van der Waals surface area contributed by atoms with Crippen molar-refractivity contribution in [3.8, 4) is 11.4 Å². The maximum absolute atomic E-state index is 13.2. The van der Waals surface area contributed by atoms with E-state index in [0.29, 0.717) is 17.0 Å². The van der Waals surface area contributed by atoms with Crippen molar-refractivity contribution in [2.45, 2.75) is 19.4 Å². The van der Waals surface area contributed by atoms with E-state index >= 15 is 0 Å². The van der Waals surface area contributed by atoms with Gasteiger partial charge >= 0.3 is 5.76 Å². The summed E-state index contributed by atoms with van der Waals surface area (Å²) in [6.07, 6.45) is 0.111. The Labute approximate surface area is 142 Å². The molecule has 3 rings (SSSR count). The van der Waals surface area contributed by atoms with Gasteiger partial charge in [-0.3, -0.25) is 14.3 Å². The van der Waals surface area contributed by atoms with Crippen LogP contribution in [0.5, 0.6) is 0 Å². The zero-order chi connectivity index (χ0) is 17.8. The molecule has 0 aliphatic carbocycles. The topological polar surface area (TPSA) is 88.0 Å². The summed E-state index contributed by atoms with van der Waals surface area (Å²) in [5, 5.41) is 6.49. The Kier molecular flexibility index (Phi) is 4.74. The highest BCUT2D eigenvalue weighted by Gasteiger charge is 2.11. The predicted octanol–water partition coefficient (Wildman–Crippen LogP) is 2.59. The molecule has 0 aliphatic heterocycles. The molecule has 0 spiro atoms. The molecule has 2 aromatic carbocycles. The molecule has 1 aromatic heterocycles. The van der Waals surface area contributed by atoms with Crippen LogP contribution in [-0.2, 0) is 11.2 Å². The second kappa shape index (κ2) is 7.12. The van der Waals surface area contributed by atoms with Crippen LogP contribution in [0, 0.1) is 5.82 Å². The van der Waals surface area contributed by atoms with E-state index in [0.717, 1.165) is 5.56 Å². The zero-order valence-corrected chi connectivity index (χ0v) is 13.5. The minimum absolute atomic E-state index is 0.111. The first kappa shape index (κ1) is 16.6. The van der Waals surface area contributed by atoms with E-state index in [1.54, 1.807) is 24.3 Å². The minimum atomic E-state index is -0.614. The molecule has 0 aliphatic rings. The number of hydrogen-bond donors (Lipinski definition) is 2. The lowest BCUT2D eigenvalue weighted by Gasteiger charge is -2.14. The maximum atomic E-state index is 13.2. The Balaban J connectivity index is 1.63. The molecule has 25 heavy (non-hydrogen) atoms. The lowest BCUT2D eigenvalue weighted by molar-refractivity contribution is -0.121. The number of hydrogen-bond acceptors (Lipinski definition) is 4. The Hall–Kier alpha value is -3.22. The van der Waals surface area contributed by atoms with Crippen LogP contribution in [0.15, 0.2) is 57.8 Å². The first-order valence-corrected chi connectivity index (χ1v) is 7.71. The average Bonchev–Trinajstić information content (AvgIpc) is 3.01. The third-order valence-electron chi connectivity index (χ3n) is 3.76. The van der Waals surface area contributed by atoms with Crippen LogP contribution in [0.1, 0.15) is 24.1 Å². The van der Waals surface area contributed by atoms with E-state index in [4.69, 9.17) is 0 Å². The van der Waals surface area contributed by atoms with Crippen molar-refractivity contribution in [3.05, 3.63) is 76.0 Å². The minimum Gasteiger partial charge on any atom is -0.349 e. The number of aromatic nitrogens is 2. The molecule has 0 saturated heterocycles. The van der Waals surface area contributed by atoms with Gasteiger partial charge in [0.1, 0.15) is 5.82 Å². The molecule has 1 amide bonds. The molecule has 7 heteroatoms. The Bertz CT molecular complexity index is 931. The summed E-state index contributed by atoms with van der Waals surface area (Å²) in [6, 6.07) is 13.0. The molecule has 1 unspecified atom stereocenters. The molecule has 1 heterocycles. The van der Waals surface area contributed by atoms with Crippen LogP contribution in [-0.4, -0.2) is 16.0 Å². The summed E-state index contributed by atoms with van der Waals surface area (Å²) >= 11 is 0. The van der Waals surface area contributed by atoms with Crippen molar-refractivity contribution in [3.63, 3.8) is 0 Å². The van der Waals surface area contributed by atoms with Gasteiger partial charge in [-0.2, -0.15) is 0 Å². The second-order valence-corrected chi connectivity index (χ2v) is 5.66. The van der Waals surface area contributed by atoms with E-state index < -0.39 is 5.76 Å². The monoisotopic (exact) mass is 341 g/mol. The van der Waals surface area contributed by atoms with Gasteiger partial charge in [0, 0.05) is 5.56 Å². The van der Waals surface area contributed by atoms with Crippen LogP contribution in [0.2, 0.25) is 0 Å². The van der Waals surface area contributed by atoms with Gasteiger partial charge in [-0.1, -0.05) is 41.6 Å². The number of halogens is 1. The fourth-order valence-electron chi connectivity index (χ4n) is 2.49. The maximum Gasteiger partial charge on any atom is 0.439 e. The van der Waals surface area contributed by atoms with Gasteiger partial charge in [-0.15, -0.1) is 0 Å². The molecule has 128 valence electrons. The van der Waals surface area contributed by atoms with Gasteiger partial charge < -0.3 is 5.32 Å². The molecule has 0 bridgehead atoms. The van der Waals surface area contributed by atoms with Crippen LogP contribution >= 0.6 is 0 Å². The van der Waals surface area contributed by atoms with E-state index in [1.165, 1.54) is 12.1 Å². The third-order valence-corrected chi connectivity index (χ3v) is 3.76. The average molecular weight is 341 g/mol. The summed E-state index contributed by atoms with van der Waals surface area (Å²) in [4.78, 5) is 25.5. The number of H-pyrrole nitrogens is 1. The molecular formula is C18H16FN3O3. The van der Waals surface area contributed by atoms with Gasteiger partial charge in [-0.05, 0) is 30.2 Å².